The van der Waals surface area contributed by atoms with E-state index in [-0.39, 0.29) is 12.3 Å². The average molecular weight is 418 g/mol. The van der Waals surface area contributed by atoms with Crippen LogP contribution in [0.2, 0.25) is 0 Å². The van der Waals surface area contributed by atoms with Crippen LogP contribution in [0.4, 0.5) is 10.5 Å². The number of ether oxygens (including phenoxy) is 2. The SMILES string of the molecule is CC(=O)c1cccc(NC(=O)C(C)OC(=O)C2CCCN(C(=O)OC(C)(C)C)C2)c1. The highest BCUT2D eigenvalue weighted by Crippen LogP contribution is 2.21. The molecule has 1 aliphatic rings. The van der Waals surface area contributed by atoms with Gasteiger partial charge in [-0.05, 0) is 59.6 Å². The second-order valence-corrected chi connectivity index (χ2v) is 8.47. The van der Waals surface area contributed by atoms with E-state index in [9.17, 15) is 19.2 Å². The summed E-state index contributed by atoms with van der Waals surface area (Å²) < 4.78 is 10.7. The minimum absolute atomic E-state index is 0.114. The lowest BCUT2D eigenvalue weighted by Crippen LogP contribution is -2.45. The quantitative estimate of drug-likeness (QED) is 0.581. The number of piperidine rings is 1. The number of ketones is 1. The van der Waals surface area contributed by atoms with Crippen LogP contribution in [0.1, 0.15) is 57.8 Å². The molecule has 2 amide bonds. The average Bonchev–Trinajstić information content (AvgIpc) is 2.66. The molecule has 1 heterocycles. The van der Waals surface area contributed by atoms with Gasteiger partial charge in [-0.25, -0.2) is 4.79 Å². The largest absolute Gasteiger partial charge is 0.452 e. The van der Waals surface area contributed by atoms with Crippen LogP contribution in [-0.2, 0) is 19.1 Å². The number of likely N-dealkylation sites (tertiary alicyclic amines) is 1. The van der Waals surface area contributed by atoms with Gasteiger partial charge in [0.1, 0.15) is 5.60 Å². The predicted molar refractivity (Wildman–Crippen MR) is 111 cm³/mol. The number of hydrogen-bond acceptors (Lipinski definition) is 6. The molecule has 0 radical (unpaired) electrons. The predicted octanol–water partition coefficient (Wildman–Crippen LogP) is 3.41. The number of nitrogens with one attached hydrogen (secondary N) is 1. The Kier molecular flexibility index (Phi) is 7.59. The maximum atomic E-state index is 12.5. The van der Waals surface area contributed by atoms with Crippen LogP contribution < -0.4 is 5.32 Å². The molecule has 2 unspecified atom stereocenters. The first-order valence-corrected chi connectivity index (χ1v) is 10.1. The summed E-state index contributed by atoms with van der Waals surface area (Å²) in [6, 6.07) is 6.53. The fourth-order valence-electron chi connectivity index (χ4n) is 3.05. The molecular formula is C22H30N2O6. The molecule has 2 atom stereocenters. The molecule has 0 spiro atoms. The van der Waals surface area contributed by atoms with Gasteiger partial charge in [0.2, 0.25) is 0 Å². The van der Waals surface area contributed by atoms with E-state index < -0.39 is 35.6 Å². The standard InChI is InChI=1S/C22H30N2O6/c1-14(25)16-8-6-10-18(12-16)23-19(26)15(2)29-20(27)17-9-7-11-24(13-17)21(28)30-22(3,4)5/h6,8,10,12,15,17H,7,9,11,13H2,1-5H3,(H,23,26). The Morgan fingerprint density at radius 2 is 1.90 bits per heavy atom. The van der Waals surface area contributed by atoms with E-state index in [1.165, 1.54) is 18.7 Å². The monoisotopic (exact) mass is 418 g/mol. The van der Waals surface area contributed by atoms with Crippen LogP contribution in [0.5, 0.6) is 0 Å². The molecule has 8 heteroatoms. The fourth-order valence-corrected chi connectivity index (χ4v) is 3.05. The van der Waals surface area contributed by atoms with Gasteiger partial charge < -0.3 is 19.7 Å². The summed E-state index contributed by atoms with van der Waals surface area (Å²) >= 11 is 0. The summed E-state index contributed by atoms with van der Waals surface area (Å²) in [5.41, 5.74) is 0.308. The van der Waals surface area contributed by atoms with E-state index in [0.717, 1.165) is 0 Å². The van der Waals surface area contributed by atoms with Gasteiger partial charge in [-0.15, -0.1) is 0 Å². The van der Waals surface area contributed by atoms with E-state index in [2.05, 4.69) is 5.32 Å². The smallest absolute Gasteiger partial charge is 0.410 e. The minimum Gasteiger partial charge on any atom is -0.452 e. The molecule has 0 saturated carbocycles. The maximum absolute atomic E-state index is 12.5. The molecule has 8 nitrogen and oxygen atoms in total. The molecule has 1 fully saturated rings. The van der Waals surface area contributed by atoms with Crippen molar-refractivity contribution in [2.45, 2.75) is 59.2 Å². The van der Waals surface area contributed by atoms with Crippen molar-refractivity contribution >= 4 is 29.4 Å². The first-order valence-electron chi connectivity index (χ1n) is 10.1. The topological polar surface area (TPSA) is 102 Å². The summed E-state index contributed by atoms with van der Waals surface area (Å²) in [6.07, 6.45) is -0.253. The van der Waals surface area contributed by atoms with Gasteiger partial charge in [0.25, 0.3) is 5.91 Å². The summed E-state index contributed by atoms with van der Waals surface area (Å²) in [7, 11) is 0. The van der Waals surface area contributed by atoms with E-state index >= 15 is 0 Å². The highest BCUT2D eigenvalue weighted by Gasteiger charge is 2.33. The molecule has 1 saturated heterocycles. The number of anilines is 1. The van der Waals surface area contributed by atoms with Gasteiger partial charge in [0.05, 0.1) is 5.92 Å². The highest BCUT2D eigenvalue weighted by molar-refractivity contribution is 5.98. The molecule has 2 rings (SSSR count). The van der Waals surface area contributed by atoms with E-state index in [1.54, 1.807) is 45.0 Å². The molecule has 1 N–H and O–H groups in total. The zero-order valence-corrected chi connectivity index (χ0v) is 18.2. The van der Waals surface area contributed by atoms with Crippen LogP contribution in [0.15, 0.2) is 24.3 Å². The molecule has 1 aromatic rings. The van der Waals surface area contributed by atoms with Crippen molar-refractivity contribution in [2.75, 3.05) is 18.4 Å². The Balaban J connectivity index is 1.91. The third-order valence-electron chi connectivity index (χ3n) is 4.61. The number of esters is 1. The van der Waals surface area contributed by atoms with Crippen molar-refractivity contribution < 1.29 is 28.7 Å². The van der Waals surface area contributed by atoms with Crippen molar-refractivity contribution in [1.82, 2.24) is 4.90 Å². The Morgan fingerprint density at radius 3 is 2.53 bits per heavy atom. The lowest BCUT2D eigenvalue weighted by Gasteiger charge is -2.33. The summed E-state index contributed by atoms with van der Waals surface area (Å²) in [5.74, 6) is -1.65. The second kappa shape index (κ2) is 9.73. The van der Waals surface area contributed by atoms with Crippen LogP contribution in [0.25, 0.3) is 0 Å². The van der Waals surface area contributed by atoms with Crippen molar-refractivity contribution in [2.24, 2.45) is 5.92 Å². The van der Waals surface area contributed by atoms with Gasteiger partial charge in [-0.3, -0.25) is 14.4 Å². The zero-order valence-electron chi connectivity index (χ0n) is 18.2. The van der Waals surface area contributed by atoms with Crippen molar-refractivity contribution in [1.29, 1.82) is 0 Å². The summed E-state index contributed by atoms with van der Waals surface area (Å²) in [5, 5.41) is 2.65. The van der Waals surface area contributed by atoms with Gasteiger partial charge in [-0.1, -0.05) is 12.1 Å². The number of amides is 2. The van der Waals surface area contributed by atoms with Gasteiger partial charge in [0.15, 0.2) is 11.9 Å². The van der Waals surface area contributed by atoms with Crippen LogP contribution >= 0.6 is 0 Å². The number of carbonyl (C=O) groups is 4. The molecule has 1 aromatic carbocycles. The highest BCUT2D eigenvalue weighted by atomic mass is 16.6. The summed E-state index contributed by atoms with van der Waals surface area (Å²) in [6.45, 7) is 8.99. The zero-order chi connectivity index (χ0) is 22.5. The third-order valence-corrected chi connectivity index (χ3v) is 4.61. The number of rotatable bonds is 5. The normalized spacial score (nSPS) is 17.6. The van der Waals surface area contributed by atoms with Crippen molar-refractivity contribution in [3.8, 4) is 0 Å². The van der Waals surface area contributed by atoms with E-state index in [0.29, 0.717) is 30.6 Å². The molecule has 0 bridgehead atoms. The molecule has 30 heavy (non-hydrogen) atoms. The van der Waals surface area contributed by atoms with E-state index in [4.69, 9.17) is 9.47 Å². The lowest BCUT2D eigenvalue weighted by atomic mass is 9.98. The third kappa shape index (κ3) is 6.86. The Hall–Kier alpha value is -2.90. The number of Topliss-reactive ketones (excluding diaryl/α,β-unsaturated/α-hetero) is 1. The molecular weight excluding hydrogens is 388 g/mol. The number of nitrogens with zero attached hydrogens (tertiary/aromatic N) is 1. The second-order valence-electron chi connectivity index (χ2n) is 8.47. The Labute approximate surface area is 176 Å². The van der Waals surface area contributed by atoms with Gasteiger partial charge in [-0.2, -0.15) is 0 Å². The molecule has 0 aromatic heterocycles. The maximum Gasteiger partial charge on any atom is 0.410 e. The molecule has 1 aliphatic heterocycles. The Morgan fingerprint density at radius 1 is 1.20 bits per heavy atom. The van der Waals surface area contributed by atoms with Crippen LogP contribution in [0, 0.1) is 5.92 Å². The number of hydrogen-bond donors (Lipinski definition) is 1. The van der Waals surface area contributed by atoms with Gasteiger partial charge in [0, 0.05) is 24.3 Å². The minimum atomic E-state index is -1.02. The lowest BCUT2D eigenvalue weighted by molar-refractivity contribution is -0.158. The number of benzene rings is 1. The number of carbonyl (C=O) groups excluding carboxylic acids is 4. The van der Waals surface area contributed by atoms with Crippen molar-refractivity contribution in [3.63, 3.8) is 0 Å². The fraction of sp³-hybridized carbons (Fsp3) is 0.545. The molecule has 164 valence electrons. The van der Waals surface area contributed by atoms with Crippen LogP contribution in [-0.4, -0.2) is 53.4 Å². The summed E-state index contributed by atoms with van der Waals surface area (Å²) in [4.78, 5) is 50.1. The van der Waals surface area contributed by atoms with Gasteiger partial charge >= 0.3 is 12.1 Å². The molecule has 0 aliphatic carbocycles. The van der Waals surface area contributed by atoms with Crippen molar-refractivity contribution in [3.05, 3.63) is 29.8 Å². The van der Waals surface area contributed by atoms with E-state index in [1.807, 2.05) is 0 Å². The Bertz CT molecular complexity index is 814. The first kappa shape index (κ1) is 23.4. The van der Waals surface area contributed by atoms with Crippen LogP contribution in [0.3, 0.4) is 0 Å². The first-order chi connectivity index (χ1) is 14.0.